The molecule has 0 bridgehead atoms. The van der Waals surface area contributed by atoms with Crippen LogP contribution >= 0.6 is 0 Å². The molecule has 6 nitrogen and oxygen atoms in total. The number of rotatable bonds is 4. The topological polar surface area (TPSA) is 63.7 Å². The number of carbonyl (C=O) groups is 1. The molecular formula is C19H27N3O3. The van der Waals surface area contributed by atoms with Crippen LogP contribution in [-0.4, -0.2) is 60.3 Å². The Morgan fingerprint density at radius 1 is 1.32 bits per heavy atom. The molecule has 4 heterocycles. The van der Waals surface area contributed by atoms with E-state index in [2.05, 4.69) is 15.2 Å². The molecule has 3 atom stereocenters. The van der Waals surface area contributed by atoms with Gasteiger partial charge in [-0.15, -0.1) is 0 Å². The first-order chi connectivity index (χ1) is 12.3. The van der Waals surface area contributed by atoms with E-state index < -0.39 is 0 Å². The normalized spacial score (nSPS) is 30.8. The van der Waals surface area contributed by atoms with Crippen LogP contribution in [0, 0.1) is 5.92 Å². The number of fused-ring (bicyclic) bond motifs is 1. The number of likely N-dealkylation sites (tertiary alicyclic amines) is 1. The summed E-state index contributed by atoms with van der Waals surface area (Å²) in [4.78, 5) is 19.1. The van der Waals surface area contributed by atoms with Gasteiger partial charge >= 0.3 is 0 Å². The van der Waals surface area contributed by atoms with Crippen LogP contribution in [0.1, 0.15) is 31.2 Å². The Bertz CT molecular complexity index is 577. The second-order valence-corrected chi connectivity index (χ2v) is 7.37. The minimum Gasteiger partial charge on any atom is -0.381 e. The third kappa shape index (κ3) is 4.02. The van der Waals surface area contributed by atoms with Crippen LogP contribution in [0.2, 0.25) is 0 Å². The number of ether oxygens (including phenoxy) is 2. The van der Waals surface area contributed by atoms with Crippen molar-refractivity contribution in [1.82, 2.24) is 15.2 Å². The van der Waals surface area contributed by atoms with Crippen molar-refractivity contribution in [2.24, 2.45) is 5.92 Å². The number of hydrogen-bond acceptors (Lipinski definition) is 5. The fourth-order valence-corrected chi connectivity index (χ4v) is 4.31. The summed E-state index contributed by atoms with van der Waals surface area (Å²) in [5.41, 5.74) is 1.01. The molecular weight excluding hydrogens is 318 g/mol. The zero-order chi connectivity index (χ0) is 17.1. The van der Waals surface area contributed by atoms with Gasteiger partial charge in [0.05, 0.1) is 6.10 Å². The van der Waals surface area contributed by atoms with Crippen molar-refractivity contribution in [3.8, 4) is 0 Å². The van der Waals surface area contributed by atoms with E-state index in [4.69, 9.17) is 9.47 Å². The summed E-state index contributed by atoms with van der Waals surface area (Å²) < 4.78 is 11.6. The molecule has 1 aromatic heterocycles. The van der Waals surface area contributed by atoms with Crippen LogP contribution in [0.3, 0.4) is 0 Å². The Kier molecular flexibility index (Phi) is 5.29. The molecule has 3 saturated heterocycles. The Hall–Kier alpha value is -1.50. The Morgan fingerprint density at radius 2 is 2.20 bits per heavy atom. The lowest BCUT2D eigenvalue weighted by molar-refractivity contribution is -0.133. The summed E-state index contributed by atoms with van der Waals surface area (Å²) >= 11 is 0. The lowest BCUT2D eigenvalue weighted by Crippen LogP contribution is -2.49. The molecule has 0 saturated carbocycles. The molecule has 1 N–H and O–H groups in total. The maximum Gasteiger partial charge on any atom is 0.249 e. The van der Waals surface area contributed by atoms with Crippen molar-refractivity contribution in [3.05, 3.63) is 30.1 Å². The van der Waals surface area contributed by atoms with Crippen LogP contribution in [0.25, 0.3) is 0 Å². The molecule has 3 fully saturated rings. The van der Waals surface area contributed by atoms with Gasteiger partial charge in [-0.3, -0.25) is 14.7 Å². The molecule has 3 aliphatic rings. The minimum absolute atomic E-state index is 0.0101. The van der Waals surface area contributed by atoms with E-state index in [0.717, 1.165) is 57.6 Å². The van der Waals surface area contributed by atoms with Crippen LogP contribution in [0.15, 0.2) is 24.5 Å². The zero-order valence-corrected chi connectivity index (χ0v) is 14.6. The highest BCUT2D eigenvalue weighted by Crippen LogP contribution is 2.35. The van der Waals surface area contributed by atoms with Gasteiger partial charge in [-0.1, -0.05) is 6.07 Å². The zero-order valence-electron chi connectivity index (χ0n) is 14.6. The van der Waals surface area contributed by atoms with Crippen molar-refractivity contribution in [2.45, 2.75) is 50.5 Å². The summed E-state index contributed by atoms with van der Waals surface area (Å²) in [6.45, 7) is 4.34. The highest BCUT2D eigenvalue weighted by molar-refractivity contribution is 5.81. The van der Waals surface area contributed by atoms with Gasteiger partial charge in [0.2, 0.25) is 5.91 Å². The van der Waals surface area contributed by atoms with Gasteiger partial charge < -0.3 is 14.8 Å². The van der Waals surface area contributed by atoms with Crippen molar-refractivity contribution in [3.63, 3.8) is 0 Å². The minimum atomic E-state index is -0.304. The largest absolute Gasteiger partial charge is 0.381 e. The van der Waals surface area contributed by atoms with Crippen LogP contribution < -0.4 is 5.32 Å². The SMILES string of the molecule is O=C(NCc1cccnc1)[C@@H]1C[C@@H]2CCN(C3CCOCC3)C[C@@H]2O1. The summed E-state index contributed by atoms with van der Waals surface area (Å²) in [7, 11) is 0. The molecule has 0 aromatic carbocycles. The standard InChI is InChI=1S/C19H27N3O3/c23-19(21-12-14-2-1-6-20-11-14)17-10-15-3-7-22(13-18(15)25-17)16-4-8-24-9-5-16/h1-2,6,11,15-18H,3-5,7-10,12-13H2,(H,21,23)/t15-,17-,18-/m0/s1. The van der Waals surface area contributed by atoms with Crippen molar-refractivity contribution >= 4 is 5.91 Å². The molecule has 0 unspecified atom stereocenters. The van der Waals surface area contributed by atoms with Crippen molar-refractivity contribution < 1.29 is 14.3 Å². The predicted octanol–water partition coefficient (Wildman–Crippen LogP) is 1.36. The van der Waals surface area contributed by atoms with Gasteiger partial charge in [0.1, 0.15) is 6.10 Å². The third-order valence-electron chi connectivity index (χ3n) is 5.77. The number of nitrogens with one attached hydrogen (secondary N) is 1. The number of pyridine rings is 1. The van der Waals surface area contributed by atoms with E-state index in [0.29, 0.717) is 18.5 Å². The first-order valence-electron chi connectivity index (χ1n) is 9.43. The van der Waals surface area contributed by atoms with Gasteiger partial charge in [-0.25, -0.2) is 0 Å². The van der Waals surface area contributed by atoms with Gasteiger partial charge in [0.15, 0.2) is 0 Å². The molecule has 1 amide bonds. The van der Waals surface area contributed by atoms with Crippen LogP contribution in [0.4, 0.5) is 0 Å². The predicted molar refractivity (Wildman–Crippen MR) is 92.9 cm³/mol. The van der Waals surface area contributed by atoms with Crippen molar-refractivity contribution in [2.75, 3.05) is 26.3 Å². The second-order valence-electron chi connectivity index (χ2n) is 7.37. The molecule has 0 spiro atoms. The quantitative estimate of drug-likeness (QED) is 0.893. The average Bonchev–Trinajstić information content (AvgIpc) is 3.11. The Balaban J connectivity index is 1.28. The molecule has 0 aliphatic carbocycles. The van der Waals surface area contributed by atoms with Gasteiger partial charge in [-0.2, -0.15) is 0 Å². The van der Waals surface area contributed by atoms with E-state index in [9.17, 15) is 4.79 Å². The number of carbonyl (C=O) groups excluding carboxylic acids is 1. The van der Waals surface area contributed by atoms with Gasteiger partial charge in [-0.05, 0) is 49.8 Å². The fraction of sp³-hybridized carbons (Fsp3) is 0.684. The Labute approximate surface area is 148 Å². The van der Waals surface area contributed by atoms with Gasteiger partial charge in [0.25, 0.3) is 0 Å². The number of hydrogen-bond donors (Lipinski definition) is 1. The number of piperidine rings is 1. The smallest absolute Gasteiger partial charge is 0.249 e. The van der Waals surface area contributed by atoms with Crippen LogP contribution in [-0.2, 0) is 20.8 Å². The molecule has 4 rings (SSSR count). The highest BCUT2D eigenvalue weighted by atomic mass is 16.5. The number of nitrogens with zero attached hydrogens (tertiary/aromatic N) is 2. The maximum absolute atomic E-state index is 12.5. The average molecular weight is 345 g/mol. The fourth-order valence-electron chi connectivity index (χ4n) is 4.31. The molecule has 1 aromatic rings. The lowest BCUT2D eigenvalue weighted by Gasteiger charge is -2.40. The van der Waals surface area contributed by atoms with E-state index >= 15 is 0 Å². The first kappa shape index (κ1) is 16.9. The molecule has 136 valence electrons. The summed E-state index contributed by atoms with van der Waals surface area (Å²) in [5, 5.41) is 2.99. The first-order valence-corrected chi connectivity index (χ1v) is 9.43. The third-order valence-corrected chi connectivity index (χ3v) is 5.77. The molecule has 6 heteroatoms. The molecule has 0 radical (unpaired) electrons. The van der Waals surface area contributed by atoms with E-state index in [-0.39, 0.29) is 18.1 Å². The summed E-state index contributed by atoms with van der Waals surface area (Å²) in [5.74, 6) is 0.529. The lowest BCUT2D eigenvalue weighted by atomic mass is 9.90. The number of aromatic nitrogens is 1. The number of amides is 1. The molecule has 25 heavy (non-hydrogen) atoms. The van der Waals surface area contributed by atoms with Gasteiger partial charge in [0, 0.05) is 44.7 Å². The van der Waals surface area contributed by atoms with Crippen LogP contribution in [0.5, 0.6) is 0 Å². The maximum atomic E-state index is 12.5. The van der Waals surface area contributed by atoms with Crippen molar-refractivity contribution in [1.29, 1.82) is 0 Å². The van der Waals surface area contributed by atoms with E-state index in [1.807, 2.05) is 12.1 Å². The Morgan fingerprint density at radius 3 is 3.00 bits per heavy atom. The summed E-state index contributed by atoms with van der Waals surface area (Å²) in [6.07, 6.45) is 7.63. The summed E-state index contributed by atoms with van der Waals surface area (Å²) in [6, 6.07) is 4.47. The van der Waals surface area contributed by atoms with E-state index in [1.165, 1.54) is 0 Å². The highest BCUT2D eigenvalue weighted by Gasteiger charge is 2.42. The monoisotopic (exact) mass is 345 g/mol. The van der Waals surface area contributed by atoms with E-state index in [1.54, 1.807) is 12.4 Å². The second kappa shape index (κ2) is 7.81. The molecule has 3 aliphatic heterocycles.